The van der Waals surface area contributed by atoms with Gasteiger partial charge in [-0.25, -0.2) is 9.98 Å². The smallest absolute Gasteiger partial charge is 0.636 e. The number of nitrogens with zero attached hydrogens (tertiary/aromatic N) is 6. The summed E-state index contributed by atoms with van der Waals surface area (Å²) in [6.07, 6.45) is 0.573. The van der Waals surface area contributed by atoms with Gasteiger partial charge in [-0.2, -0.15) is 0 Å². The minimum absolute atomic E-state index is 0. The zero-order chi connectivity index (χ0) is 16.4. The first kappa shape index (κ1) is 23.7. The standard InChI is InChI=1S/C11H17N7O4.2Na/c1-6-4-11(16-18-22-20)5-10(3,15-17-21-19)8(12)14-9(11)13-7(6)2;;/h6,12,19-20H,4-5H2,1-3H3;;/q;2*+1/p-2. The molecular formula is C11H15N7Na2O4. The molecular weight excluding hydrogens is 340 g/mol. The molecule has 1 N–H and O–H groups in total. The molecule has 2 aliphatic rings. The average Bonchev–Trinajstić information content (AvgIpc) is 2.47. The number of hydrogen-bond donors (Lipinski definition) is 1. The maximum absolute atomic E-state index is 10.2. The number of aliphatic imine (C=N–C) groups is 2. The molecule has 0 saturated carbocycles. The molecule has 2 aliphatic heterocycles. The fraction of sp³-hybridized carbons (Fsp3) is 0.727. The van der Waals surface area contributed by atoms with Crippen molar-refractivity contribution < 1.29 is 79.6 Å². The summed E-state index contributed by atoms with van der Waals surface area (Å²) in [5.41, 5.74) is -1.46. The molecule has 2 rings (SSSR count). The molecule has 2 heterocycles. The Bertz CT molecular complexity index is 597. The van der Waals surface area contributed by atoms with Crippen LogP contribution in [0, 0.1) is 11.3 Å². The zero-order valence-electron chi connectivity index (χ0n) is 14.3. The maximum atomic E-state index is 10.2. The van der Waals surface area contributed by atoms with Gasteiger partial charge in [0.15, 0.2) is 11.7 Å². The van der Waals surface area contributed by atoms with Crippen molar-refractivity contribution >= 4 is 17.4 Å². The summed E-state index contributed by atoms with van der Waals surface area (Å²) in [6.45, 7) is 5.36. The van der Waals surface area contributed by atoms with Crippen LogP contribution in [-0.4, -0.2) is 28.5 Å². The van der Waals surface area contributed by atoms with Gasteiger partial charge in [-0.05, 0) is 26.2 Å². The van der Waals surface area contributed by atoms with E-state index in [1.165, 1.54) is 0 Å². The first-order chi connectivity index (χ1) is 10.4. The SMILES string of the molecule is CC1=NC2=NC(=N)C(C)(N=NO[O-])CC2(N=NO[O-])CC1C.[Na+].[Na+]. The fourth-order valence-corrected chi connectivity index (χ4v) is 2.69. The number of hydrogen-bond acceptors (Lipinski definition) is 10. The Morgan fingerprint density at radius 2 is 1.75 bits per heavy atom. The molecule has 0 amide bonds. The molecule has 0 radical (unpaired) electrons. The van der Waals surface area contributed by atoms with Crippen LogP contribution in [0.2, 0.25) is 0 Å². The third kappa shape index (κ3) is 4.67. The molecule has 3 atom stereocenters. The number of amidine groups is 2. The van der Waals surface area contributed by atoms with Crippen molar-refractivity contribution in [2.75, 3.05) is 0 Å². The van der Waals surface area contributed by atoms with E-state index in [1.807, 2.05) is 13.8 Å². The van der Waals surface area contributed by atoms with E-state index in [0.717, 1.165) is 5.71 Å². The summed E-state index contributed by atoms with van der Waals surface area (Å²) in [6, 6.07) is 0. The van der Waals surface area contributed by atoms with E-state index < -0.39 is 11.1 Å². The van der Waals surface area contributed by atoms with E-state index in [0.29, 0.717) is 6.42 Å². The van der Waals surface area contributed by atoms with Crippen LogP contribution in [0.4, 0.5) is 0 Å². The van der Waals surface area contributed by atoms with E-state index in [9.17, 15) is 10.5 Å². The van der Waals surface area contributed by atoms with Gasteiger partial charge in [0, 0.05) is 22.7 Å². The summed E-state index contributed by atoms with van der Waals surface area (Å²) >= 11 is 0. The van der Waals surface area contributed by atoms with Gasteiger partial charge in [-0.3, -0.25) is 5.41 Å². The molecule has 0 bridgehead atoms. The van der Waals surface area contributed by atoms with Crippen LogP contribution in [0.5, 0.6) is 0 Å². The van der Waals surface area contributed by atoms with Crippen molar-refractivity contribution in [1.82, 2.24) is 0 Å². The van der Waals surface area contributed by atoms with Gasteiger partial charge in [-0.15, -0.1) is 10.2 Å². The first-order valence-corrected chi connectivity index (χ1v) is 6.53. The minimum Gasteiger partial charge on any atom is -0.636 e. The molecule has 0 fully saturated rings. The second-order valence-corrected chi connectivity index (χ2v) is 5.64. The van der Waals surface area contributed by atoms with Crippen LogP contribution in [0.1, 0.15) is 33.6 Å². The number of fused-ring (bicyclic) bond motifs is 1. The largest absolute Gasteiger partial charge is 1.00 e. The van der Waals surface area contributed by atoms with Crippen LogP contribution in [-0.2, 0) is 9.98 Å². The van der Waals surface area contributed by atoms with Crippen LogP contribution in [0.15, 0.2) is 30.8 Å². The third-order valence-electron chi connectivity index (χ3n) is 3.98. The van der Waals surface area contributed by atoms with Gasteiger partial charge in [0.05, 0.1) is 0 Å². The van der Waals surface area contributed by atoms with E-state index in [-0.39, 0.29) is 83.1 Å². The third-order valence-corrected chi connectivity index (χ3v) is 3.98. The maximum Gasteiger partial charge on any atom is 1.00 e. The van der Waals surface area contributed by atoms with Gasteiger partial charge in [0.1, 0.15) is 11.1 Å². The predicted octanol–water partition coefficient (Wildman–Crippen LogP) is -5.91. The van der Waals surface area contributed by atoms with E-state index in [1.54, 1.807) is 6.92 Å². The molecule has 11 nitrogen and oxygen atoms in total. The Morgan fingerprint density at radius 3 is 2.33 bits per heavy atom. The quantitative estimate of drug-likeness (QED) is 0.230. The van der Waals surface area contributed by atoms with Crippen molar-refractivity contribution in [3.63, 3.8) is 0 Å². The van der Waals surface area contributed by atoms with Crippen LogP contribution < -0.4 is 69.6 Å². The summed E-state index contributed by atoms with van der Waals surface area (Å²) in [5.74, 6) is 0.196. The zero-order valence-corrected chi connectivity index (χ0v) is 18.3. The summed E-state index contributed by atoms with van der Waals surface area (Å²) in [7, 11) is 0. The molecule has 0 aromatic heterocycles. The molecule has 13 heteroatoms. The summed E-state index contributed by atoms with van der Waals surface area (Å²) in [5, 5.41) is 41.9. The second kappa shape index (κ2) is 9.43. The molecule has 120 valence electrons. The molecule has 0 spiro atoms. The van der Waals surface area contributed by atoms with Gasteiger partial charge in [0.2, 0.25) is 0 Å². The van der Waals surface area contributed by atoms with Gasteiger partial charge < -0.3 is 20.5 Å². The number of rotatable bonds is 4. The van der Waals surface area contributed by atoms with Crippen LogP contribution in [0.25, 0.3) is 0 Å². The molecule has 24 heavy (non-hydrogen) atoms. The summed E-state index contributed by atoms with van der Waals surface area (Å²) < 4.78 is 0. The number of nitrogens with one attached hydrogen (secondary N) is 1. The summed E-state index contributed by atoms with van der Waals surface area (Å²) in [4.78, 5) is 15.3. The molecule has 0 aliphatic carbocycles. The Balaban J connectivity index is 0.00000264. The fourth-order valence-electron chi connectivity index (χ4n) is 2.69. The second-order valence-electron chi connectivity index (χ2n) is 5.64. The van der Waals surface area contributed by atoms with Crippen molar-refractivity contribution in [1.29, 1.82) is 5.41 Å². The Hall–Kier alpha value is -0.270. The topological polar surface area (TPSA) is 163 Å². The molecule has 0 saturated heterocycles. The van der Waals surface area contributed by atoms with E-state index in [2.05, 4.69) is 40.7 Å². The van der Waals surface area contributed by atoms with Gasteiger partial charge >= 0.3 is 59.1 Å². The van der Waals surface area contributed by atoms with Crippen LogP contribution in [0.3, 0.4) is 0 Å². The predicted molar refractivity (Wildman–Crippen MR) is 69.7 cm³/mol. The Kier molecular flexibility index (Phi) is 9.33. The Labute approximate surface area is 182 Å². The van der Waals surface area contributed by atoms with E-state index >= 15 is 0 Å². The Morgan fingerprint density at radius 1 is 1.17 bits per heavy atom. The van der Waals surface area contributed by atoms with Crippen molar-refractivity contribution in [3.05, 3.63) is 0 Å². The molecule has 3 unspecified atom stereocenters. The van der Waals surface area contributed by atoms with Crippen molar-refractivity contribution in [2.45, 2.75) is 44.7 Å². The van der Waals surface area contributed by atoms with Gasteiger partial charge in [-0.1, -0.05) is 6.92 Å². The molecule has 0 aromatic rings. The normalized spacial score (nSPS) is 32.4. The first-order valence-electron chi connectivity index (χ1n) is 6.53. The van der Waals surface area contributed by atoms with Crippen LogP contribution >= 0.6 is 0 Å². The van der Waals surface area contributed by atoms with E-state index in [4.69, 9.17) is 5.41 Å². The average molecular weight is 355 g/mol. The van der Waals surface area contributed by atoms with Crippen molar-refractivity contribution in [2.24, 2.45) is 36.7 Å². The van der Waals surface area contributed by atoms with Gasteiger partial charge in [0.25, 0.3) is 0 Å². The van der Waals surface area contributed by atoms with Crippen molar-refractivity contribution in [3.8, 4) is 0 Å². The minimum atomic E-state index is -1.24. The molecule has 0 aromatic carbocycles. The monoisotopic (exact) mass is 355 g/mol.